The number of hydrogen-bond acceptors (Lipinski definition) is 2. The summed E-state index contributed by atoms with van der Waals surface area (Å²) in [5.41, 5.74) is 1.76. The van der Waals surface area contributed by atoms with E-state index in [1.54, 1.807) is 19.2 Å². The van der Waals surface area contributed by atoms with Crippen molar-refractivity contribution < 1.29 is 9.13 Å². The molecule has 0 spiro atoms. The lowest BCUT2D eigenvalue weighted by Crippen LogP contribution is -2.22. The molecule has 1 atom stereocenters. The first kappa shape index (κ1) is 15.8. The van der Waals surface area contributed by atoms with Crippen LogP contribution in [0.25, 0.3) is 0 Å². The summed E-state index contributed by atoms with van der Waals surface area (Å²) in [4.78, 5) is 0. The summed E-state index contributed by atoms with van der Waals surface area (Å²) in [6, 6.07) is 12.5. The van der Waals surface area contributed by atoms with Gasteiger partial charge in [0, 0.05) is 16.6 Å². The molecule has 0 aromatic heterocycles. The van der Waals surface area contributed by atoms with Crippen molar-refractivity contribution in [3.63, 3.8) is 0 Å². The molecule has 1 N–H and O–H groups in total. The van der Waals surface area contributed by atoms with Crippen molar-refractivity contribution in [2.45, 2.75) is 19.4 Å². The maximum absolute atomic E-state index is 13.9. The Morgan fingerprint density at radius 1 is 1.19 bits per heavy atom. The topological polar surface area (TPSA) is 21.3 Å². The summed E-state index contributed by atoms with van der Waals surface area (Å²) in [7, 11) is 1.55. The summed E-state index contributed by atoms with van der Waals surface area (Å²) in [6.45, 7) is 2.68. The van der Waals surface area contributed by atoms with E-state index in [4.69, 9.17) is 16.3 Å². The summed E-state index contributed by atoms with van der Waals surface area (Å²) < 4.78 is 19.2. The number of hydrogen-bond donors (Lipinski definition) is 1. The van der Waals surface area contributed by atoms with Crippen LogP contribution in [0.5, 0.6) is 5.75 Å². The molecule has 2 nitrogen and oxygen atoms in total. The predicted octanol–water partition coefficient (Wildman–Crippen LogP) is 4.38. The summed E-state index contributed by atoms with van der Waals surface area (Å²) >= 11 is 5.86. The van der Waals surface area contributed by atoms with Crippen molar-refractivity contribution in [2.75, 3.05) is 13.7 Å². The first-order chi connectivity index (χ1) is 10.1. The molecule has 0 aliphatic rings. The van der Waals surface area contributed by atoms with Crippen LogP contribution in [0.4, 0.5) is 4.39 Å². The normalized spacial score (nSPS) is 12.2. The standard InChI is InChI=1S/C17H19ClFNO/c1-12(17-15(19)4-3-5-16(17)21-2)20-11-10-13-6-8-14(18)9-7-13/h3-9,12,20H,10-11H2,1-2H3. The first-order valence-corrected chi connectivity index (χ1v) is 7.30. The van der Waals surface area contributed by atoms with E-state index in [1.807, 2.05) is 31.2 Å². The third-order valence-corrected chi connectivity index (χ3v) is 3.70. The highest BCUT2D eigenvalue weighted by Crippen LogP contribution is 2.27. The third-order valence-electron chi connectivity index (χ3n) is 3.44. The van der Waals surface area contributed by atoms with E-state index in [2.05, 4.69) is 5.32 Å². The number of methoxy groups -OCH3 is 1. The summed E-state index contributed by atoms with van der Waals surface area (Å²) in [6.07, 6.45) is 0.859. The van der Waals surface area contributed by atoms with E-state index in [1.165, 1.54) is 11.6 Å². The quantitative estimate of drug-likeness (QED) is 0.855. The number of rotatable bonds is 6. The monoisotopic (exact) mass is 307 g/mol. The Hall–Kier alpha value is -1.58. The summed E-state index contributed by atoms with van der Waals surface area (Å²) in [5.74, 6) is 0.322. The zero-order chi connectivity index (χ0) is 15.2. The molecule has 0 aliphatic carbocycles. The van der Waals surface area contributed by atoms with E-state index < -0.39 is 0 Å². The Morgan fingerprint density at radius 3 is 2.57 bits per heavy atom. The lowest BCUT2D eigenvalue weighted by Gasteiger charge is -2.18. The van der Waals surface area contributed by atoms with E-state index >= 15 is 0 Å². The van der Waals surface area contributed by atoms with E-state index in [-0.39, 0.29) is 11.9 Å². The lowest BCUT2D eigenvalue weighted by molar-refractivity contribution is 0.394. The van der Waals surface area contributed by atoms with Crippen molar-refractivity contribution in [3.8, 4) is 5.75 Å². The van der Waals surface area contributed by atoms with Crippen LogP contribution in [0.1, 0.15) is 24.1 Å². The minimum Gasteiger partial charge on any atom is -0.496 e. The second-order valence-corrected chi connectivity index (χ2v) is 5.34. The maximum atomic E-state index is 13.9. The molecule has 2 rings (SSSR count). The van der Waals surface area contributed by atoms with Crippen molar-refractivity contribution in [1.82, 2.24) is 5.32 Å². The Bertz CT molecular complexity index is 586. The second-order valence-electron chi connectivity index (χ2n) is 4.91. The molecular weight excluding hydrogens is 289 g/mol. The SMILES string of the molecule is COc1cccc(F)c1C(C)NCCc1ccc(Cl)cc1. The third kappa shape index (κ3) is 4.19. The molecule has 0 aliphatic heterocycles. The Morgan fingerprint density at radius 2 is 1.90 bits per heavy atom. The highest BCUT2D eigenvalue weighted by Gasteiger charge is 2.15. The number of ether oxygens (including phenoxy) is 1. The van der Waals surface area contributed by atoms with Gasteiger partial charge in [0.1, 0.15) is 11.6 Å². The second kappa shape index (κ2) is 7.43. The van der Waals surface area contributed by atoms with Crippen LogP contribution in [-0.2, 0) is 6.42 Å². The molecule has 112 valence electrons. The summed E-state index contributed by atoms with van der Waals surface area (Å²) in [5, 5.41) is 4.06. The van der Waals surface area contributed by atoms with Gasteiger partial charge in [0.2, 0.25) is 0 Å². The van der Waals surface area contributed by atoms with Crippen molar-refractivity contribution in [1.29, 1.82) is 0 Å². The maximum Gasteiger partial charge on any atom is 0.131 e. The molecule has 0 bridgehead atoms. The minimum atomic E-state index is -0.249. The van der Waals surface area contributed by atoms with Crippen LogP contribution in [0.3, 0.4) is 0 Å². The number of halogens is 2. The smallest absolute Gasteiger partial charge is 0.131 e. The fraction of sp³-hybridized carbons (Fsp3) is 0.294. The molecule has 0 heterocycles. The van der Waals surface area contributed by atoms with Crippen LogP contribution in [0.2, 0.25) is 5.02 Å². The number of benzene rings is 2. The first-order valence-electron chi connectivity index (χ1n) is 6.92. The largest absolute Gasteiger partial charge is 0.496 e. The van der Waals surface area contributed by atoms with Crippen LogP contribution >= 0.6 is 11.6 Å². The highest BCUT2D eigenvalue weighted by atomic mass is 35.5. The Kier molecular flexibility index (Phi) is 5.59. The van der Waals surface area contributed by atoms with Crippen LogP contribution in [0.15, 0.2) is 42.5 Å². The van der Waals surface area contributed by atoms with E-state index in [0.29, 0.717) is 11.3 Å². The van der Waals surface area contributed by atoms with Crippen LogP contribution in [0, 0.1) is 5.82 Å². The average molecular weight is 308 g/mol. The van der Waals surface area contributed by atoms with Crippen molar-refractivity contribution in [2.24, 2.45) is 0 Å². The van der Waals surface area contributed by atoms with Gasteiger partial charge in [-0.3, -0.25) is 0 Å². The van der Waals surface area contributed by atoms with Gasteiger partial charge in [-0.1, -0.05) is 29.8 Å². The van der Waals surface area contributed by atoms with E-state index in [9.17, 15) is 4.39 Å². The molecule has 0 radical (unpaired) electrons. The average Bonchev–Trinajstić information content (AvgIpc) is 2.48. The molecule has 2 aromatic rings. The zero-order valence-electron chi connectivity index (χ0n) is 12.2. The van der Waals surface area contributed by atoms with Gasteiger partial charge in [0.15, 0.2) is 0 Å². The van der Waals surface area contributed by atoms with Crippen LogP contribution in [-0.4, -0.2) is 13.7 Å². The fourth-order valence-electron chi connectivity index (χ4n) is 2.30. The van der Waals surface area contributed by atoms with Crippen LogP contribution < -0.4 is 10.1 Å². The Balaban J connectivity index is 1.96. The fourth-order valence-corrected chi connectivity index (χ4v) is 2.43. The molecule has 2 aromatic carbocycles. The highest BCUT2D eigenvalue weighted by molar-refractivity contribution is 6.30. The van der Waals surface area contributed by atoms with Gasteiger partial charge in [-0.05, 0) is 49.7 Å². The van der Waals surface area contributed by atoms with Gasteiger partial charge >= 0.3 is 0 Å². The predicted molar refractivity (Wildman–Crippen MR) is 84.5 cm³/mol. The van der Waals surface area contributed by atoms with Gasteiger partial charge in [-0.25, -0.2) is 4.39 Å². The molecule has 0 amide bonds. The van der Waals surface area contributed by atoms with Gasteiger partial charge < -0.3 is 10.1 Å². The molecule has 0 saturated carbocycles. The number of nitrogens with one attached hydrogen (secondary N) is 1. The van der Waals surface area contributed by atoms with Crippen molar-refractivity contribution in [3.05, 3.63) is 64.4 Å². The van der Waals surface area contributed by atoms with Gasteiger partial charge in [0.05, 0.1) is 7.11 Å². The zero-order valence-corrected chi connectivity index (χ0v) is 13.0. The Labute approximate surface area is 129 Å². The minimum absolute atomic E-state index is 0.117. The van der Waals surface area contributed by atoms with Gasteiger partial charge in [-0.15, -0.1) is 0 Å². The molecule has 0 fully saturated rings. The van der Waals surface area contributed by atoms with Gasteiger partial charge in [-0.2, -0.15) is 0 Å². The molecule has 0 saturated heterocycles. The van der Waals surface area contributed by atoms with Crippen molar-refractivity contribution >= 4 is 11.6 Å². The van der Waals surface area contributed by atoms with E-state index in [0.717, 1.165) is 18.0 Å². The molecule has 1 unspecified atom stereocenters. The molecular formula is C17H19ClFNO. The molecule has 21 heavy (non-hydrogen) atoms. The molecule has 4 heteroatoms. The lowest BCUT2D eigenvalue weighted by atomic mass is 10.1. The van der Waals surface area contributed by atoms with Gasteiger partial charge in [0.25, 0.3) is 0 Å².